The van der Waals surface area contributed by atoms with E-state index in [4.69, 9.17) is 28.5 Å². The van der Waals surface area contributed by atoms with E-state index in [0.717, 1.165) is 36.7 Å². The van der Waals surface area contributed by atoms with Crippen molar-refractivity contribution in [1.82, 2.24) is 14.9 Å². The van der Waals surface area contributed by atoms with Gasteiger partial charge < -0.3 is 39.1 Å². The molecule has 1 fully saturated rings. The average molecular weight is 784 g/mol. The summed E-state index contributed by atoms with van der Waals surface area (Å²) >= 11 is 0. The van der Waals surface area contributed by atoms with Crippen molar-refractivity contribution in [2.75, 3.05) is 19.1 Å². The van der Waals surface area contributed by atoms with Gasteiger partial charge in [0.2, 0.25) is 0 Å². The summed E-state index contributed by atoms with van der Waals surface area (Å²) in [6, 6.07) is 0. The van der Waals surface area contributed by atoms with Crippen molar-refractivity contribution in [1.29, 1.82) is 0 Å². The minimum atomic E-state index is -5.75. The van der Waals surface area contributed by atoms with Crippen molar-refractivity contribution in [3.63, 3.8) is 0 Å². The number of hydrogen-bond acceptors (Lipinski definition) is 14. The molecular formula is C24H40N3O16P3S2. The second-order valence-corrected chi connectivity index (χ2v) is 18.7. The first-order valence-corrected chi connectivity index (χ1v) is 21.4. The van der Waals surface area contributed by atoms with Crippen LogP contribution in [0.5, 0.6) is 0 Å². The predicted molar refractivity (Wildman–Crippen MR) is 174 cm³/mol. The summed E-state index contributed by atoms with van der Waals surface area (Å²) in [4.78, 5) is 75.6. The lowest BCUT2D eigenvalue weighted by Crippen LogP contribution is -2.38. The number of carbonyl (C=O) groups is 1. The Hall–Kier alpha value is -1.28. The third-order valence-corrected chi connectivity index (χ3v) is 13.5. The fourth-order valence-electron chi connectivity index (χ4n) is 4.52. The van der Waals surface area contributed by atoms with Gasteiger partial charge in [-0.15, -0.1) is 0 Å². The lowest BCUT2D eigenvalue weighted by molar-refractivity contribution is -0.0543. The number of rotatable bonds is 16. The van der Waals surface area contributed by atoms with Crippen LogP contribution >= 0.6 is 45.1 Å². The Morgan fingerprint density at radius 3 is 2.52 bits per heavy atom. The number of H-pyrrole nitrogens is 1. The molecule has 2 heterocycles. The molecule has 1 aromatic rings. The molecule has 1 saturated heterocycles. The minimum Gasteiger partial charge on any atom is -0.446 e. The molecule has 274 valence electrons. The maximum atomic E-state index is 12.5. The van der Waals surface area contributed by atoms with Gasteiger partial charge >= 0.3 is 35.3 Å². The Labute approximate surface area is 283 Å². The molecule has 6 N–H and O–H groups in total. The Kier molecular flexibility index (Phi) is 15.2. The first-order valence-electron chi connectivity index (χ1n) is 14.5. The van der Waals surface area contributed by atoms with Crippen LogP contribution in [-0.4, -0.2) is 77.4 Å². The number of nitrogens with one attached hydrogen (secondary N) is 2. The molecule has 0 radical (unpaired) electrons. The third kappa shape index (κ3) is 14.5. The van der Waals surface area contributed by atoms with Gasteiger partial charge in [0.1, 0.15) is 24.4 Å². The molecule has 2 aliphatic rings. The number of nitrogens with zero attached hydrogens (tertiary/aromatic N) is 1. The average Bonchev–Trinajstić information content (AvgIpc) is 3.33. The first-order chi connectivity index (χ1) is 22.2. The summed E-state index contributed by atoms with van der Waals surface area (Å²) in [7, 11) is -14.1. The van der Waals surface area contributed by atoms with Crippen molar-refractivity contribution in [2.24, 2.45) is 0 Å². The van der Waals surface area contributed by atoms with E-state index < -0.39 is 70.6 Å². The number of ether oxygens (including phenoxy) is 3. The molecular weight excluding hydrogens is 743 g/mol. The van der Waals surface area contributed by atoms with Gasteiger partial charge in [-0.05, 0) is 52.9 Å². The van der Waals surface area contributed by atoms with Crippen molar-refractivity contribution in [2.45, 2.75) is 88.6 Å². The van der Waals surface area contributed by atoms with E-state index in [1.54, 1.807) is 0 Å². The first kappa shape index (κ1) is 41.1. The Bertz CT molecular complexity index is 1550. The van der Waals surface area contributed by atoms with Crippen molar-refractivity contribution < 1.29 is 65.4 Å². The number of hydrogen-bond donors (Lipinski definition) is 6. The number of aryl methyl sites for hydroxylation is 1. The summed E-state index contributed by atoms with van der Waals surface area (Å²) in [5, 5.41) is 2.79. The molecule has 19 nitrogen and oxygen atoms in total. The minimum absolute atomic E-state index is 0.00517. The van der Waals surface area contributed by atoms with Crippen LogP contribution in [0.15, 0.2) is 27.9 Å². The number of alkyl carbamates (subject to hydrolysis) is 1. The molecule has 1 aliphatic carbocycles. The van der Waals surface area contributed by atoms with Crippen molar-refractivity contribution >= 4 is 51.1 Å². The summed E-state index contributed by atoms with van der Waals surface area (Å²) in [6.45, 7) is 4.73. The smallest absolute Gasteiger partial charge is 0.446 e. The zero-order valence-corrected chi connectivity index (χ0v) is 30.5. The number of amides is 1. The van der Waals surface area contributed by atoms with E-state index in [2.05, 4.69) is 31.1 Å². The van der Waals surface area contributed by atoms with Crippen LogP contribution in [0.3, 0.4) is 0 Å². The molecule has 1 aliphatic heterocycles. The molecule has 48 heavy (non-hydrogen) atoms. The Balaban J connectivity index is 1.57. The topological polar surface area (TPSA) is 271 Å². The van der Waals surface area contributed by atoms with Gasteiger partial charge in [0.25, 0.3) is 5.56 Å². The quantitative estimate of drug-likeness (QED) is 0.0459. The second-order valence-electron chi connectivity index (χ2n) is 11.4. The van der Waals surface area contributed by atoms with Gasteiger partial charge in [0, 0.05) is 29.5 Å². The van der Waals surface area contributed by atoms with E-state index in [9.17, 15) is 37.9 Å². The summed E-state index contributed by atoms with van der Waals surface area (Å²) in [6.07, 6.45) is 6.03. The van der Waals surface area contributed by atoms with Crippen molar-refractivity contribution in [3.8, 4) is 0 Å². The van der Waals surface area contributed by atoms with Crippen LogP contribution in [0, 0.1) is 6.92 Å². The maximum absolute atomic E-state index is 12.5. The normalized spacial score (nSPS) is 25.3. The lowest BCUT2D eigenvalue weighted by atomic mass is 10.0. The molecule has 24 heteroatoms. The highest BCUT2D eigenvalue weighted by Gasteiger charge is 2.43. The van der Waals surface area contributed by atoms with Crippen molar-refractivity contribution in [3.05, 3.63) is 44.8 Å². The molecule has 1 amide bonds. The molecule has 0 bridgehead atoms. The second kappa shape index (κ2) is 17.8. The van der Waals surface area contributed by atoms with E-state index in [-0.39, 0.29) is 30.6 Å². The van der Waals surface area contributed by atoms with Gasteiger partial charge in [-0.3, -0.25) is 18.9 Å². The van der Waals surface area contributed by atoms with E-state index >= 15 is 0 Å². The highest BCUT2D eigenvalue weighted by atomic mass is 33.1. The lowest BCUT2D eigenvalue weighted by Gasteiger charge is -2.25. The summed E-state index contributed by atoms with van der Waals surface area (Å²) in [5.74, 6) is 0.0280. The largest absolute Gasteiger partial charge is 0.490 e. The molecule has 4 unspecified atom stereocenters. The number of allylic oxidation sites excluding steroid dienone is 2. The van der Waals surface area contributed by atoms with Gasteiger partial charge in [-0.25, -0.2) is 23.3 Å². The van der Waals surface area contributed by atoms with E-state index in [0.29, 0.717) is 0 Å². The number of aromatic amines is 1. The summed E-state index contributed by atoms with van der Waals surface area (Å²) in [5.41, 5.74) is -1.21. The number of phosphoric acid groups is 3. The van der Waals surface area contributed by atoms with Gasteiger partial charge in [0.15, 0.2) is 0 Å². The number of aromatic nitrogens is 2. The van der Waals surface area contributed by atoms with Crippen LogP contribution in [0.1, 0.15) is 64.2 Å². The zero-order chi connectivity index (χ0) is 35.8. The molecule has 0 spiro atoms. The molecule has 3 rings (SSSR count). The zero-order valence-electron chi connectivity index (χ0n) is 26.2. The molecule has 0 saturated carbocycles. The van der Waals surface area contributed by atoms with Crippen LogP contribution in [0.4, 0.5) is 4.79 Å². The maximum Gasteiger partial charge on any atom is 0.490 e. The Morgan fingerprint density at radius 1 is 1.10 bits per heavy atom. The highest BCUT2D eigenvalue weighted by molar-refractivity contribution is 8.77. The van der Waals surface area contributed by atoms with Crippen LogP contribution in [0.2, 0.25) is 0 Å². The van der Waals surface area contributed by atoms with Gasteiger partial charge in [0.05, 0.1) is 12.7 Å². The molecule has 6 atom stereocenters. The number of carbonyl (C=O) groups excluding carboxylic acids is 1. The van der Waals surface area contributed by atoms with Crippen LogP contribution in [0.25, 0.3) is 0 Å². The van der Waals surface area contributed by atoms with Gasteiger partial charge in [-0.1, -0.05) is 33.7 Å². The SMILES string of the molecule is Cc1cn([C@H]2CC(OCSSC(C)(C)CNC(=O)OC3CC/C=C/CCC3)[C@@H](COP(=O)(O)OP(=O)(O)OP(=O)(O)O)O2)c(=O)[nH]c1=O. The van der Waals surface area contributed by atoms with Crippen LogP contribution in [-0.2, 0) is 41.1 Å². The monoisotopic (exact) mass is 783 g/mol. The third-order valence-electron chi connectivity index (χ3n) is 6.72. The van der Waals surface area contributed by atoms with E-state index in [1.165, 1.54) is 34.7 Å². The fourth-order valence-corrected chi connectivity index (χ4v) is 9.72. The number of phosphoric ester groups is 1. The standard InChI is InChI=1S/C24H40N3O16P3S2/c1-16-12-27(22(29)26-21(16)28)20-11-18(19(41-20)13-39-45(34,35)43-46(36,37)42-44(31,32)33)38-15-47-48-24(2,3)14-25-23(30)40-17-9-7-5-4-6-8-10-17/h4-5,12,17-20H,6-11,13-15H2,1-3H3,(H,25,30)(H,34,35)(H,36,37)(H,26,28,29)(H2,31,32,33)/b5-4+/t17?,18?,19-,20-/m1/s1. The molecule has 1 aromatic heterocycles. The van der Waals surface area contributed by atoms with Gasteiger partial charge in [-0.2, -0.15) is 8.62 Å². The molecule has 0 aromatic carbocycles. The Morgan fingerprint density at radius 2 is 1.81 bits per heavy atom. The predicted octanol–water partition coefficient (Wildman–Crippen LogP) is 3.59. The highest BCUT2D eigenvalue weighted by Crippen LogP contribution is 2.66. The van der Waals surface area contributed by atoms with Crippen LogP contribution < -0.4 is 16.6 Å². The summed E-state index contributed by atoms with van der Waals surface area (Å²) < 4.78 is 65.0. The fraction of sp³-hybridized carbons (Fsp3) is 0.708. The van der Waals surface area contributed by atoms with E-state index in [1.807, 2.05) is 13.8 Å².